The molecule has 0 saturated carbocycles. The first-order valence-electron chi connectivity index (χ1n) is 4.65. The molecule has 0 unspecified atom stereocenters. The van der Waals surface area contributed by atoms with Crippen LogP contribution in [0.15, 0.2) is 21.5 Å². The van der Waals surface area contributed by atoms with Crippen LogP contribution in [0, 0.1) is 5.82 Å². The number of nitrogens with two attached hydrogens (primary N) is 1. The zero-order chi connectivity index (χ0) is 13.2. The molecule has 4 N–H and O–H groups in total. The number of aliphatic hydroxyl groups excluding tert-OH is 1. The number of sulfonamides is 1. The van der Waals surface area contributed by atoms with E-state index in [2.05, 4.69) is 20.7 Å². The molecule has 0 amide bonds. The second-order valence-corrected chi connectivity index (χ2v) is 6.05. The van der Waals surface area contributed by atoms with E-state index in [1.54, 1.807) is 0 Å². The minimum atomic E-state index is -3.85. The van der Waals surface area contributed by atoms with E-state index in [0.717, 1.165) is 12.1 Å². The predicted molar refractivity (Wildman–Crippen MR) is 65.4 cm³/mol. The number of nitrogen functional groups attached to an aromatic ring is 1. The number of hydrogen-bond donors (Lipinski definition) is 3. The first-order chi connectivity index (χ1) is 7.77. The summed E-state index contributed by atoms with van der Waals surface area (Å²) < 4.78 is 39.1. The van der Waals surface area contributed by atoms with Crippen molar-refractivity contribution in [1.82, 2.24) is 4.72 Å². The number of anilines is 1. The van der Waals surface area contributed by atoms with E-state index in [-0.39, 0.29) is 21.7 Å². The Morgan fingerprint density at radius 2 is 2.18 bits per heavy atom. The highest BCUT2D eigenvalue weighted by Gasteiger charge is 2.21. The van der Waals surface area contributed by atoms with Gasteiger partial charge in [-0.2, -0.15) is 0 Å². The minimum Gasteiger partial charge on any atom is -0.396 e. The van der Waals surface area contributed by atoms with Crippen molar-refractivity contribution in [1.29, 1.82) is 0 Å². The van der Waals surface area contributed by atoms with E-state index in [1.807, 2.05) is 0 Å². The molecule has 96 valence electrons. The summed E-state index contributed by atoms with van der Waals surface area (Å²) in [6, 6.07) is 1.36. The molecule has 5 nitrogen and oxygen atoms in total. The lowest BCUT2D eigenvalue weighted by Crippen LogP contribution is -2.35. The number of halogens is 2. The van der Waals surface area contributed by atoms with Gasteiger partial charge in [0.25, 0.3) is 0 Å². The summed E-state index contributed by atoms with van der Waals surface area (Å²) in [4.78, 5) is -0.170. The number of rotatable bonds is 4. The van der Waals surface area contributed by atoms with Crippen LogP contribution in [0.3, 0.4) is 0 Å². The van der Waals surface area contributed by atoms with Gasteiger partial charge in [-0.3, -0.25) is 0 Å². The standard InChI is InChI=1S/C9H12BrFN2O3S/c1-5(4-14)13-17(15,16)9-3-8(12)7(11)2-6(9)10/h2-3,5,13-14H,4,12H2,1H3/t5-/m0/s1. The molecular formula is C9H12BrFN2O3S. The molecule has 0 aliphatic carbocycles. The summed E-state index contributed by atoms with van der Waals surface area (Å²) in [5.41, 5.74) is 5.05. The molecule has 0 aliphatic heterocycles. The molecule has 1 aromatic rings. The number of nitrogens with one attached hydrogen (secondary N) is 1. The molecular weight excluding hydrogens is 315 g/mol. The molecule has 0 radical (unpaired) electrons. The second-order valence-electron chi connectivity index (χ2n) is 3.51. The minimum absolute atomic E-state index is 0.0711. The summed E-state index contributed by atoms with van der Waals surface area (Å²) in [5, 5.41) is 8.79. The van der Waals surface area contributed by atoms with Crippen LogP contribution in [0.5, 0.6) is 0 Å². The van der Waals surface area contributed by atoms with Gasteiger partial charge >= 0.3 is 0 Å². The van der Waals surface area contributed by atoms with Gasteiger partial charge in [-0.05, 0) is 35.0 Å². The third-order valence-corrected chi connectivity index (χ3v) is 4.52. The summed E-state index contributed by atoms with van der Waals surface area (Å²) in [6.07, 6.45) is 0. The van der Waals surface area contributed by atoms with Crippen molar-refractivity contribution < 1.29 is 17.9 Å². The van der Waals surface area contributed by atoms with Crippen LogP contribution in [0.1, 0.15) is 6.92 Å². The lowest BCUT2D eigenvalue weighted by atomic mass is 10.3. The van der Waals surface area contributed by atoms with Crippen molar-refractivity contribution >= 4 is 31.6 Å². The molecule has 0 bridgehead atoms. The Hall–Kier alpha value is -0.700. The highest BCUT2D eigenvalue weighted by molar-refractivity contribution is 9.10. The maximum Gasteiger partial charge on any atom is 0.242 e. The van der Waals surface area contributed by atoms with E-state index in [0.29, 0.717) is 0 Å². The molecule has 0 fully saturated rings. The van der Waals surface area contributed by atoms with Gasteiger partial charge in [0.15, 0.2) is 0 Å². The van der Waals surface area contributed by atoms with Crippen molar-refractivity contribution in [3.8, 4) is 0 Å². The van der Waals surface area contributed by atoms with E-state index in [9.17, 15) is 12.8 Å². The lowest BCUT2D eigenvalue weighted by Gasteiger charge is -2.13. The molecule has 0 heterocycles. The fourth-order valence-corrected chi connectivity index (χ4v) is 3.40. The van der Waals surface area contributed by atoms with Crippen LogP contribution in [-0.2, 0) is 10.0 Å². The summed E-state index contributed by atoms with van der Waals surface area (Å²) in [5.74, 6) is -0.703. The Morgan fingerprint density at radius 1 is 1.59 bits per heavy atom. The number of hydrogen-bond acceptors (Lipinski definition) is 4. The van der Waals surface area contributed by atoms with Gasteiger partial charge in [0.2, 0.25) is 10.0 Å². The third-order valence-electron chi connectivity index (χ3n) is 1.97. The largest absolute Gasteiger partial charge is 0.396 e. The fraction of sp³-hybridized carbons (Fsp3) is 0.333. The molecule has 0 aliphatic rings. The Morgan fingerprint density at radius 3 is 2.71 bits per heavy atom. The van der Waals surface area contributed by atoms with Crippen LogP contribution >= 0.6 is 15.9 Å². The van der Waals surface area contributed by atoms with Crippen molar-refractivity contribution in [2.75, 3.05) is 12.3 Å². The Kier molecular flexibility index (Phi) is 4.48. The molecule has 1 atom stereocenters. The lowest BCUT2D eigenvalue weighted by molar-refractivity contribution is 0.265. The van der Waals surface area contributed by atoms with Crippen LogP contribution in [-0.4, -0.2) is 26.2 Å². The molecule has 17 heavy (non-hydrogen) atoms. The third kappa shape index (κ3) is 3.38. The SMILES string of the molecule is C[C@@H](CO)NS(=O)(=O)c1cc(N)c(F)cc1Br. The normalized spacial score (nSPS) is 13.6. The molecule has 8 heteroatoms. The van der Waals surface area contributed by atoms with Crippen LogP contribution in [0.25, 0.3) is 0 Å². The number of aliphatic hydroxyl groups is 1. The van der Waals surface area contributed by atoms with Crippen LogP contribution in [0.2, 0.25) is 0 Å². The quantitative estimate of drug-likeness (QED) is 0.714. The zero-order valence-electron chi connectivity index (χ0n) is 8.94. The molecule has 0 saturated heterocycles. The predicted octanol–water partition coefficient (Wildman–Crippen LogP) is 0.829. The van der Waals surface area contributed by atoms with Gasteiger partial charge in [-0.1, -0.05) is 0 Å². The maximum absolute atomic E-state index is 13.1. The average molecular weight is 327 g/mol. The summed E-state index contributed by atoms with van der Waals surface area (Å²) in [6.45, 7) is 1.16. The molecule has 1 aromatic carbocycles. The van der Waals surface area contributed by atoms with E-state index >= 15 is 0 Å². The highest BCUT2D eigenvalue weighted by atomic mass is 79.9. The molecule has 1 rings (SSSR count). The van der Waals surface area contributed by atoms with Crippen molar-refractivity contribution in [2.45, 2.75) is 17.9 Å². The summed E-state index contributed by atoms with van der Waals surface area (Å²) in [7, 11) is -3.85. The maximum atomic E-state index is 13.1. The summed E-state index contributed by atoms with van der Waals surface area (Å²) >= 11 is 2.95. The topological polar surface area (TPSA) is 92.4 Å². The average Bonchev–Trinajstić information content (AvgIpc) is 2.22. The van der Waals surface area contributed by atoms with E-state index in [4.69, 9.17) is 10.8 Å². The first-order valence-corrected chi connectivity index (χ1v) is 6.93. The zero-order valence-corrected chi connectivity index (χ0v) is 11.3. The van der Waals surface area contributed by atoms with Crippen molar-refractivity contribution in [3.63, 3.8) is 0 Å². The monoisotopic (exact) mass is 326 g/mol. The van der Waals surface area contributed by atoms with E-state index < -0.39 is 21.9 Å². The first kappa shape index (κ1) is 14.4. The van der Waals surface area contributed by atoms with Crippen molar-refractivity contribution in [3.05, 3.63) is 22.4 Å². The van der Waals surface area contributed by atoms with Gasteiger partial charge in [0.05, 0.1) is 17.2 Å². The van der Waals surface area contributed by atoms with Gasteiger partial charge in [-0.15, -0.1) is 0 Å². The van der Waals surface area contributed by atoms with E-state index in [1.165, 1.54) is 6.92 Å². The fourth-order valence-electron chi connectivity index (χ4n) is 1.12. The highest BCUT2D eigenvalue weighted by Crippen LogP contribution is 2.26. The Bertz CT molecular complexity index is 521. The van der Waals surface area contributed by atoms with Gasteiger partial charge in [-0.25, -0.2) is 17.5 Å². The molecule has 0 aromatic heterocycles. The smallest absolute Gasteiger partial charge is 0.242 e. The van der Waals surface area contributed by atoms with Gasteiger partial charge in [0, 0.05) is 10.5 Å². The molecule has 0 spiro atoms. The Labute approximate surface area is 107 Å². The van der Waals surface area contributed by atoms with Crippen LogP contribution in [0.4, 0.5) is 10.1 Å². The Balaban J connectivity index is 3.20. The van der Waals surface area contributed by atoms with Crippen molar-refractivity contribution in [2.24, 2.45) is 0 Å². The van der Waals surface area contributed by atoms with Gasteiger partial charge < -0.3 is 10.8 Å². The van der Waals surface area contributed by atoms with Crippen LogP contribution < -0.4 is 10.5 Å². The number of benzene rings is 1. The second kappa shape index (κ2) is 5.30. The van der Waals surface area contributed by atoms with Gasteiger partial charge in [0.1, 0.15) is 5.82 Å².